The summed E-state index contributed by atoms with van der Waals surface area (Å²) in [5, 5.41) is 18.4. The second-order valence-corrected chi connectivity index (χ2v) is 6.06. The summed E-state index contributed by atoms with van der Waals surface area (Å²) >= 11 is 4.00. The number of aromatic hydroxyl groups is 1. The van der Waals surface area contributed by atoms with Crippen molar-refractivity contribution in [1.29, 1.82) is 0 Å². The van der Waals surface area contributed by atoms with Crippen LogP contribution in [-0.4, -0.2) is 40.6 Å². The predicted octanol–water partition coefficient (Wildman–Crippen LogP) is 2.15. The first-order chi connectivity index (χ1) is 8.32. The van der Waals surface area contributed by atoms with Crippen LogP contribution < -0.4 is 0 Å². The van der Waals surface area contributed by atoms with Crippen molar-refractivity contribution in [3.05, 3.63) is 24.8 Å². The van der Waals surface area contributed by atoms with Crippen LogP contribution in [0.5, 0.6) is 5.75 Å². The molecular weight excluding hydrogens is 464 g/mol. The number of hydrogen-bond acceptors (Lipinski definition) is 3. The minimum atomic E-state index is -0.962. The van der Waals surface area contributed by atoms with E-state index in [1.807, 2.05) is 22.6 Å². The van der Waals surface area contributed by atoms with Gasteiger partial charge in [-0.3, -0.25) is 9.59 Å². The molecule has 7 heteroatoms. The van der Waals surface area contributed by atoms with Gasteiger partial charge in [-0.25, -0.2) is 0 Å². The van der Waals surface area contributed by atoms with E-state index in [-0.39, 0.29) is 30.2 Å². The van der Waals surface area contributed by atoms with Gasteiger partial charge in [0.05, 0.1) is 15.6 Å². The maximum absolute atomic E-state index is 12.0. The van der Waals surface area contributed by atoms with E-state index in [9.17, 15) is 14.7 Å². The fraction of sp³-hybridized carbons (Fsp3) is 0.273. The number of aliphatic carboxylic acids is 1. The third kappa shape index (κ3) is 3.97. The molecule has 0 bridgehead atoms. The predicted molar refractivity (Wildman–Crippen MR) is 82.8 cm³/mol. The van der Waals surface area contributed by atoms with Gasteiger partial charge >= 0.3 is 5.97 Å². The lowest BCUT2D eigenvalue weighted by atomic mass is 10.2. The average Bonchev–Trinajstić information content (AvgIpc) is 2.29. The molecule has 1 rings (SSSR count). The standard InChI is InChI=1S/C11H11I2NO4/c1-14(3-2-9(15)16)11(18)7-4-6(12)5-8(13)10(7)17/h4-5,17H,2-3H2,1H3,(H,15,16). The number of carboxylic acids is 1. The van der Waals surface area contributed by atoms with Gasteiger partial charge in [-0.05, 0) is 57.3 Å². The molecule has 0 aliphatic rings. The molecule has 2 N–H and O–H groups in total. The van der Waals surface area contributed by atoms with Crippen LogP contribution in [0.2, 0.25) is 0 Å². The number of nitrogens with zero attached hydrogens (tertiary/aromatic N) is 1. The minimum Gasteiger partial charge on any atom is -0.506 e. The lowest BCUT2D eigenvalue weighted by Crippen LogP contribution is -2.29. The zero-order valence-corrected chi connectivity index (χ0v) is 13.8. The number of phenols is 1. The SMILES string of the molecule is CN(CCC(=O)O)C(=O)c1cc(I)cc(I)c1O. The molecule has 0 saturated heterocycles. The Morgan fingerprint density at radius 3 is 2.50 bits per heavy atom. The van der Waals surface area contributed by atoms with Crippen molar-refractivity contribution < 1.29 is 19.8 Å². The van der Waals surface area contributed by atoms with E-state index in [2.05, 4.69) is 22.6 Å². The number of amides is 1. The summed E-state index contributed by atoms with van der Waals surface area (Å²) in [6.07, 6.45) is -0.121. The van der Waals surface area contributed by atoms with Crippen molar-refractivity contribution >= 4 is 57.1 Å². The van der Waals surface area contributed by atoms with Crippen molar-refractivity contribution in [2.75, 3.05) is 13.6 Å². The van der Waals surface area contributed by atoms with E-state index in [1.165, 1.54) is 11.9 Å². The van der Waals surface area contributed by atoms with Gasteiger partial charge in [0.2, 0.25) is 0 Å². The number of carbonyl (C=O) groups excluding carboxylic acids is 1. The Labute approximate surface area is 131 Å². The first kappa shape index (κ1) is 15.5. The van der Waals surface area contributed by atoms with Gasteiger partial charge in [0.25, 0.3) is 5.91 Å². The highest BCUT2D eigenvalue weighted by Crippen LogP contribution is 2.27. The van der Waals surface area contributed by atoms with Crippen molar-refractivity contribution in [1.82, 2.24) is 4.90 Å². The lowest BCUT2D eigenvalue weighted by molar-refractivity contribution is -0.137. The third-order valence-electron chi connectivity index (χ3n) is 2.27. The summed E-state index contributed by atoms with van der Waals surface area (Å²) in [6, 6.07) is 3.34. The maximum Gasteiger partial charge on any atom is 0.305 e. The quantitative estimate of drug-likeness (QED) is 0.655. The van der Waals surface area contributed by atoms with E-state index in [4.69, 9.17) is 5.11 Å². The Morgan fingerprint density at radius 2 is 1.94 bits per heavy atom. The summed E-state index contributed by atoms with van der Waals surface area (Å²) in [7, 11) is 1.51. The maximum atomic E-state index is 12.0. The van der Waals surface area contributed by atoms with Gasteiger partial charge in [0.15, 0.2) is 0 Å². The van der Waals surface area contributed by atoms with E-state index in [0.717, 1.165) is 3.57 Å². The van der Waals surface area contributed by atoms with Gasteiger partial charge in [0, 0.05) is 17.2 Å². The van der Waals surface area contributed by atoms with Crippen LogP contribution in [0.25, 0.3) is 0 Å². The molecule has 98 valence electrons. The molecular formula is C11H11I2NO4. The molecule has 1 aromatic rings. The summed E-state index contributed by atoms with van der Waals surface area (Å²) in [4.78, 5) is 23.8. The molecule has 0 aromatic heterocycles. The number of halogens is 2. The molecule has 0 radical (unpaired) electrons. The molecule has 0 aliphatic carbocycles. The highest BCUT2D eigenvalue weighted by molar-refractivity contribution is 14.1. The first-order valence-electron chi connectivity index (χ1n) is 4.98. The topological polar surface area (TPSA) is 77.8 Å². The second kappa shape index (κ2) is 6.55. The molecule has 0 aliphatic heterocycles. The largest absolute Gasteiger partial charge is 0.506 e. The number of carbonyl (C=O) groups is 2. The smallest absolute Gasteiger partial charge is 0.305 e. The highest BCUT2D eigenvalue weighted by Gasteiger charge is 2.18. The lowest BCUT2D eigenvalue weighted by Gasteiger charge is -2.17. The summed E-state index contributed by atoms with van der Waals surface area (Å²) in [6.45, 7) is 0.107. The number of phenolic OH excluding ortho intramolecular Hbond substituents is 1. The molecule has 18 heavy (non-hydrogen) atoms. The van der Waals surface area contributed by atoms with Crippen molar-refractivity contribution in [3.63, 3.8) is 0 Å². The molecule has 0 atom stereocenters. The van der Waals surface area contributed by atoms with E-state index in [1.54, 1.807) is 12.1 Å². The van der Waals surface area contributed by atoms with Crippen molar-refractivity contribution in [3.8, 4) is 5.75 Å². The van der Waals surface area contributed by atoms with Crippen LogP contribution >= 0.6 is 45.2 Å². The summed E-state index contributed by atoms with van der Waals surface area (Å²) < 4.78 is 1.43. The number of hydrogen-bond donors (Lipinski definition) is 2. The molecule has 1 amide bonds. The summed E-state index contributed by atoms with van der Waals surface area (Å²) in [5.41, 5.74) is 0.194. The van der Waals surface area contributed by atoms with Crippen LogP contribution in [0.3, 0.4) is 0 Å². The Bertz CT molecular complexity index is 490. The summed E-state index contributed by atoms with van der Waals surface area (Å²) in [5.74, 6) is -1.41. The molecule has 0 unspecified atom stereocenters. The molecule has 0 fully saturated rings. The first-order valence-corrected chi connectivity index (χ1v) is 7.14. The minimum absolute atomic E-state index is 0.0665. The fourth-order valence-electron chi connectivity index (χ4n) is 1.30. The molecule has 0 spiro atoms. The van der Waals surface area contributed by atoms with Gasteiger partial charge in [0.1, 0.15) is 5.75 Å². The Kier molecular flexibility index (Phi) is 5.63. The van der Waals surface area contributed by atoms with Gasteiger partial charge < -0.3 is 15.1 Å². The van der Waals surface area contributed by atoms with Crippen LogP contribution in [0.1, 0.15) is 16.8 Å². The normalized spacial score (nSPS) is 10.2. The monoisotopic (exact) mass is 475 g/mol. The number of carboxylic acid groups (broad SMARTS) is 1. The Morgan fingerprint density at radius 1 is 1.33 bits per heavy atom. The average molecular weight is 475 g/mol. The van der Waals surface area contributed by atoms with Gasteiger partial charge in [-0.15, -0.1) is 0 Å². The fourth-order valence-corrected chi connectivity index (χ4v) is 3.14. The van der Waals surface area contributed by atoms with E-state index >= 15 is 0 Å². The van der Waals surface area contributed by atoms with Crippen molar-refractivity contribution in [2.24, 2.45) is 0 Å². The Balaban J connectivity index is 2.93. The van der Waals surface area contributed by atoms with Gasteiger partial charge in [-0.1, -0.05) is 0 Å². The molecule has 0 saturated carbocycles. The zero-order valence-electron chi connectivity index (χ0n) is 9.48. The van der Waals surface area contributed by atoms with E-state index < -0.39 is 5.97 Å². The van der Waals surface area contributed by atoms with Crippen LogP contribution in [-0.2, 0) is 4.79 Å². The third-order valence-corrected chi connectivity index (χ3v) is 3.71. The van der Waals surface area contributed by atoms with E-state index in [0.29, 0.717) is 3.57 Å². The highest BCUT2D eigenvalue weighted by atomic mass is 127. The zero-order chi connectivity index (χ0) is 13.9. The van der Waals surface area contributed by atoms with Crippen LogP contribution in [0.4, 0.5) is 0 Å². The molecule has 0 heterocycles. The Hall–Kier alpha value is -0.580. The second-order valence-electron chi connectivity index (χ2n) is 3.65. The van der Waals surface area contributed by atoms with Crippen LogP contribution in [0.15, 0.2) is 12.1 Å². The van der Waals surface area contributed by atoms with Gasteiger partial charge in [-0.2, -0.15) is 0 Å². The molecule has 5 nitrogen and oxygen atoms in total. The molecule has 1 aromatic carbocycles. The number of rotatable bonds is 4. The van der Waals surface area contributed by atoms with Crippen molar-refractivity contribution in [2.45, 2.75) is 6.42 Å². The number of benzene rings is 1. The van der Waals surface area contributed by atoms with Crippen LogP contribution in [0, 0.1) is 7.14 Å².